The Morgan fingerprint density at radius 2 is 2.05 bits per heavy atom. The molecule has 0 radical (unpaired) electrons. The third kappa shape index (κ3) is 3.73. The maximum atomic E-state index is 13.0. The minimum absolute atomic E-state index is 0.104. The van der Waals surface area contributed by atoms with Crippen molar-refractivity contribution in [1.82, 2.24) is 4.90 Å². The number of ether oxygens (including phenoxy) is 1. The number of hydrogen-bond donors (Lipinski definition) is 0. The van der Waals surface area contributed by atoms with Crippen LogP contribution in [0.2, 0.25) is 5.02 Å². The second kappa shape index (κ2) is 6.89. The van der Waals surface area contributed by atoms with E-state index in [0.717, 1.165) is 6.07 Å². The van der Waals surface area contributed by atoms with Crippen LogP contribution >= 0.6 is 11.6 Å². The predicted molar refractivity (Wildman–Crippen MR) is 76.7 cm³/mol. The van der Waals surface area contributed by atoms with Crippen LogP contribution in [0.1, 0.15) is 30.1 Å². The Hall–Kier alpha value is -1.62. The summed E-state index contributed by atoms with van der Waals surface area (Å²) in [6, 6.07) is 3.72. The van der Waals surface area contributed by atoms with Gasteiger partial charge in [-0.05, 0) is 38.0 Å². The van der Waals surface area contributed by atoms with Crippen molar-refractivity contribution in [3.8, 4) is 0 Å². The molecule has 6 heteroatoms. The lowest BCUT2D eigenvalue weighted by Crippen LogP contribution is -2.40. The van der Waals surface area contributed by atoms with E-state index in [2.05, 4.69) is 0 Å². The molecule has 1 amide bonds. The van der Waals surface area contributed by atoms with Gasteiger partial charge in [0.25, 0.3) is 5.91 Å². The van der Waals surface area contributed by atoms with Crippen LogP contribution in [0.25, 0.3) is 0 Å². The molecule has 1 saturated heterocycles. The number of piperidine rings is 1. The van der Waals surface area contributed by atoms with Crippen molar-refractivity contribution >= 4 is 23.5 Å². The highest BCUT2D eigenvalue weighted by molar-refractivity contribution is 6.33. The lowest BCUT2D eigenvalue weighted by atomic mass is 9.96. The largest absolute Gasteiger partial charge is 0.466 e. The number of rotatable bonds is 3. The molecule has 114 valence electrons. The molecule has 1 heterocycles. The van der Waals surface area contributed by atoms with Gasteiger partial charge in [-0.25, -0.2) is 4.39 Å². The lowest BCUT2D eigenvalue weighted by molar-refractivity contribution is -0.149. The Morgan fingerprint density at radius 1 is 1.38 bits per heavy atom. The van der Waals surface area contributed by atoms with E-state index in [1.807, 2.05) is 0 Å². The van der Waals surface area contributed by atoms with E-state index in [1.54, 1.807) is 11.8 Å². The minimum atomic E-state index is -0.474. The number of halogens is 2. The van der Waals surface area contributed by atoms with E-state index in [9.17, 15) is 14.0 Å². The molecule has 0 N–H and O–H groups in total. The number of esters is 1. The van der Waals surface area contributed by atoms with Gasteiger partial charge in [-0.2, -0.15) is 0 Å². The third-order valence-corrected chi connectivity index (χ3v) is 3.88. The number of hydrogen-bond acceptors (Lipinski definition) is 3. The Labute approximate surface area is 127 Å². The summed E-state index contributed by atoms with van der Waals surface area (Å²) in [7, 11) is 0. The molecule has 0 bridgehead atoms. The van der Waals surface area contributed by atoms with Gasteiger partial charge in [0.15, 0.2) is 0 Å². The summed E-state index contributed by atoms with van der Waals surface area (Å²) in [5, 5.41) is 0.104. The summed E-state index contributed by atoms with van der Waals surface area (Å²) < 4.78 is 18.0. The normalized spacial score (nSPS) is 15.9. The molecule has 1 aromatic rings. The highest BCUT2D eigenvalue weighted by Crippen LogP contribution is 2.23. The average molecular weight is 314 g/mol. The third-order valence-electron chi connectivity index (χ3n) is 3.56. The van der Waals surface area contributed by atoms with Gasteiger partial charge in [0.05, 0.1) is 23.1 Å². The zero-order chi connectivity index (χ0) is 15.4. The van der Waals surface area contributed by atoms with Gasteiger partial charge < -0.3 is 9.64 Å². The van der Waals surface area contributed by atoms with Gasteiger partial charge >= 0.3 is 5.97 Å². The fraction of sp³-hybridized carbons (Fsp3) is 0.467. The quantitative estimate of drug-likeness (QED) is 0.806. The van der Waals surface area contributed by atoms with E-state index >= 15 is 0 Å². The second-order valence-corrected chi connectivity index (χ2v) is 5.35. The van der Waals surface area contributed by atoms with Crippen molar-refractivity contribution in [2.75, 3.05) is 19.7 Å². The molecule has 21 heavy (non-hydrogen) atoms. The van der Waals surface area contributed by atoms with Gasteiger partial charge in [0, 0.05) is 13.1 Å². The molecule has 1 fully saturated rings. The topological polar surface area (TPSA) is 46.6 Å². The average Bonchev–Trinajstić information content (AvgIpc) is 2.47. The molecule has 0 aromatic heterocycles. The van der Waals surface area contributed by atoms with Crippen LogP contribution < -0.4 is 0 Å². The highest BCUT2D eigenvalue weighted by Gasteiger charge is 2.29. The number of amides is 1. The fourth-order valence-corrected chi connectivity index (χ4v) is 2.66. The van der Waals surface area contributed by atoms with Crippen LogP contribution in [-0.2, 0) is 9.53 Å². The molecule has 1 aliphatic heterocycles. The van der Waals surface area contributed by atoms with Crippen LogP contribution in [-0.4, -0.2) is 36.5 Å². The number of nitrogens with zero attached hydrogens (tertiary/aromatic N) is 1. The molecule has 0 spiro atoms. The summed E-state index contributed by atoms with van der Waals surface area (Å²) in [5.41, 5.74) is 0.285. The molecular formula is C15H17ClFNO3. The van der Waals surface area contributed by atoms with Crippen molar-refractivity contribution in [3.63, 3.8) is 0 Å². The summed E-state index contributed by atoms with van der Waals surface area (Å²) in [5.74, 6) is -1.07. The van der Waals surface area contributed by atoms with Crippen molar-refractivity contribution in [2.24, 2.45) is 5.92 Å². The number of carbonyl (C=O) groups is 2. The Balaban J connectivity index is 1.98. The molecule has 0 aliphatic carbocycles. The van der Waals surface area contributed by atoms with E-state index in [4.69, 9.17) is 16.3 Å². The van der Waals surface area contributed by atoms with Crippen molar-refractivity contribution in [1.29, 1.82) is 0 Å². The zero-order valence-corrected chi connectivity index (χ0v) is 12.5. The molecule has 4 nitrogen and oxygen atoms in total. The maximum absolute atomic E-state index is 13.0. The standard InChI is InChI=1S/C15H17ClFNO3/c1-2-21-15(20)10-5-7-18(8-6-10)14(19)12-4-3-11(17)9-13(12)16/h3-4,9-10H,2,5-8H2,1H3. The molecule has 1 aliphatic rings. The first-order valence-electron chi connectivity index (χ1n) is 6.94. The number of benzene rings is 1. The van der Waals surface area contributed by atoms with Crippen LogP contribution in [0.3, 0.4) is 0 Å². The van der Waals surface area contributed by atoms with Gasteiger partial charge in [-0.15, -0.1) is 0 Å². The first kappa shape index (κ1) is 15.8. The summed E-state index contributed by atoms with van der Waals surface area (Å²) in [4.78, 5) is 25.6. The molecule has 0 saturated carbocycles. The lowest BCUT2D eigenvalue weighted by Gasteiger charge is -2.31. The SMILES string of the molecule is CCOC(=O)C1CCN(C(=O)c2ccc(F)cc2Cl)CC1. The summed E-state index contributed by atoms with van der Waals surface area (Å²) >= 11 is 5.90. The highest BCUT2D eigenvalue weighted by atomic mass is 35.5. The molecule has 0 atom stereocenters. The number of likely N-dealkylation sites (tertiary alicyclic amines) is 1. The van der Waals surface area contributed by atoms with Crippen LogP contribution in [0, 0.1) is 11.7 Å². The Bertz CT molecular complexity index is 542. The van der Waals surface area contributed by atoms with Crippen molar-refractivity contribution < 1.29 is 18.7 Å². The maximum Gasteiger partial charge on any atom is 0.309 e. The van der Waals surface area contributed by atoms with Gasteiger partial charge in [0.2, 0.25) is 0 Å². The second-order valence-electron chi connectivity index (χ2n) is 4.94. The van der Waals surface area contributed by atoms with E-state index < -0.39 is 5.82 Å². The first-order valence-corrected chi connectivity index (χ1v) is 7.31. The van der Waals surface area contributed by atoms with E-state index in [0.29, 0.717) is 32.5 Å². The molecular weight excluding hydrogens is 297 g/mol. The van der Waals surface area contributed by atoms with E-state index in [1.165, 1.54) is 12.1 Å². The summed E-state index contributed by atoms with van der Waals surface area (Å²) in [6.07, 6.45) is 1.15. The van der Waals surface area contributed by atoms with Crippen LogP contribution in [0.5, 0.6) is 0 Å². The Kier molecular flexibility index (Phi) is 5.17. The molecule has 0 unspecified atom stereocenters. The zero-order valence-electron chi connectivity index (χ0n) is 11.8. The van der Waals surface area contributed by atoms with Gasteiger partial charge in [-0.1, -0.05) is 11.6 Å². The smallest absolute Gasteiger partial charge is 0.309 e. The fourth-order valence-electron chi connectivity index (χ4n) is 2.41. The first-order chi connectivity index (χ1) is 10.0. The van der Waals surface area contributed by atoms with Gasteiger partial charge in [-0.3, -0.25) is 9.59 Å². The predicted octanol–water partition coefficient (Wildman–Crippen LogP) is 2.89. The van der Waals surface area contributed by atoms with Crippen molar-refractivity contribution in [3.05, 3.63) is 34.6 Å². The minimum Gasteiger partial charge on any atom is -0.466 e. The number of carbonyl (C=O) groups excluding carboxylic acids is 2. The molecule has 2 rings (SSSR count). The summed E-state index contributed by atoms with van der Waals surface area (Å²) in [6.45, 7) is 3.07. The van der Waals surface area contributed by atoms with Crippen molar-refractivity contribution in [2.45, 2.75) is 19.8 Å². The monoisotopic (exact) mass is 313 g/mol. The van der Waals surface area contributed by atoms with Crippen LogP contribution in [0.15, 0.2) is 18.2 Å². The molecule has 1 aromatic carbocycles. The Morgan fingerprint density at radius 3 is 2.62 bits per heavy atom. The van der Waals surface area contributed by atoms with E-state index in [-0.39, 0.29) is 28.4 Å². The van der Waals surface area contributed by atoms with Crippen LogP contribution in [0.4, 0.5) is 4.39 Å². The van der Waals surface area contributed by atoms with Gasteiger partial charge in [0.1, 0.15) is 5.82 Å².